The molecule has 1 atom stereocenters. The van der Waals surface area contributed by atoms with Gasteiger partial charge in [0.25, 0.3) is 0 Å². The lowest BCUT2D eigenvalue weighted by atomic mass is 10.1. The lowest BCUT2D eigenvalue weighted by molar-refractivity contribution is 0.182. The molecule has 0 bridgehead atoms. The van der Waals surface area contributed by atoms with Gasteiger partial charge in [0.15, 0.2) is 0 Å². The van der Waals surface area contributed by atoms with Crippen molar-refractivity contribution < 1.29 is 4.74 Å². The number of nitrogens with zero attached hydrogens (tertiary/aromatic N) is 4. The summed E-state index contributed by atoms with van der Waals surface area (Å²) in [5.41, 5.74) is 1.93. The van der Waals surface area contributed by atoms with Crippen molar-refractivity contribution >= 4 is 15.9 Å². The van der Waals surface area contributed by atoms with Crippen LogP contribution in [0.1, 0.15) is 17.4 Å². The summed E-state index contributed by atoms with van der Waals surface area (Å²) in [6.45, 7) is 1.31. The van der Waals surface area contributed by atoms with E-state index in [1.165, 1.54) is 0 Å². The van der Waals surface area contributed by atoms with Gasteiger partial charge in [0.2, 0.25) is 0 Å². The third-order valence-corrected chi connectivity index (χ3v) is 3.41. The van der Waals surface area contributed by atoms with Gasteiger partial charge in [-0.1, -0.05) is 0 Å². The Kier molecular flexibility index (Phi) is 5.00. The standard InChI is InChI=1S/C12H16BrN5O/c1-14-11(10-3-4-15-8-16-10)12-9(13)7-17-18(12)5-6-19-2/h3-4,7-8,11,14H,5-6H2,1-2H3. The fourth-order valence-corrected chi connectivity index (χ4v) is 2.44. The van der Waals surface area contributed by atoms with Crippen molar-refractivity contribution in [3.63, 3.8) is 0 Å². The maximum atomic E-state index is 5.11. The van der Waals surface area contributed by atoms with E-state index in [9.17, 15) is 0 Å². The zero-order chi connectivity index (χ0) is 13.7. The van der Waals surface area contributed by atoms with Crippen LogP contribution in [0.25, 0.3) is 0 Å². The second-order valence-corrected chi connectivity index (χ2v) is 4.80. The van der Waals surface area contributed by atoms with Crippen LogP contribution in [-0.2, 0) is 11.3 Å². The van der Waals surface area contributed by atoms with E-state index in [-0.39, 0.29) is 6.04 Å². The highest BCUT2D eigenvalue weighted by Gasteiger charge is 2.21. The third kappa shape index (κ3) is 3.17. The molecule has 0 amide bonds. The zero-order valence-corrected chi connectivity index (χ0v) is 12.5. The van der Waals surface area contributed by atoms with Crippen molar-refractivity contribution in [1.82, 2.24) is 25.1 Å². The molecule has 7 heteroatoms. The van der Waals surface area contributed by atoms with E-state index in [0.717, 1.165) is 15.9 Å². The molecule has 0 aromatic carbocycles. The average molecular weight is 326 g/mol. The number of aromatic nitrogens is 4. The minimum Gasteiger partial charge on any atom is -0.383 e. The van der Waals surface area contributed by atoms with Gasteiger partial charge in [0.1, 0.15) is 6.33 Å². The Labute approximate surface area is 120 Å². The summed E-state index contributed by atoms with van der Waals surface area (Å²) in [5, 5.41) is 7.61. The molecule has 0 saturated carbocycles. The maximum Gasteiger partial charge on any atom is 0.115 e. The highest BCUT2D eigenvalue weighted by molar-refractivity contribution is 9.10. The van der Waals surface area contributed by atoms with Crippen LogP contribution in [0.4, 0.5) is 0 Å². The second kappa shape index (κ2) is 6.74. The first-order valence-electron chi connectivity index (χ1n) is 5.91. The van der Waals surface area contributed by atoms with E-state index < -0.39 is 0 Å². The molecule has 0 aliphatic heterocycles. The van der Waals surface area contributed by atoms with Crippen LogP contribution in [0, 0.1) is 0 Å². The normalized spacial score (nSPS) is 12.6. The van der Waals surface area contributed by atoms with Crippen molar-refractivity contribution in [1.29, 1.82) is 0 Å². The number of nitrogens with one attached hydrogen (secondary N) is 1. The number of halogens is 1. The van der Waals surface area contributed by atoms with Gasteiger partial charge in [-0.3, -0.25) is 4.68 Å². The second-order valence-electron chi connectivity index (χ2n) is 3.95. The van der Waals surface area contributed by atoms with Gasteiger partial charge in [0.05, 0.1) is 41.3 Å². The first-order chi connectivity index (χ1) is 9.27. The van der Waals surface area contributed by atoms with Crippen LogP contribution in [0.2, 0.25) is 0 Å². The number of rotatable bonds is 6. The topological polar surface area (TPSA) is 64.9 Å². The summed E-state index contributed by atoms with van der Waals surface area (Å²) in [6.07, 6.45) is 5.07. The average Bonchev–Trinajstić information content (AvgIpc) is 2.80. The lowest BCUT2D eigenvalue weighted by Gasteiger charge is -2.18. The van der Waals surface area contributed by atoms with Crippen molar-refractivity contribution in [3.05, 3.63) is 40.6 Å². The Morgan fingerprint density at radius 3 is 3.00 bits per heavy atom. The summed E-state index contributed by atoms with van der Waals surface area (Å²) in [7, 11) is 3.57. The Bertz CT molecular complexity index is 516. The van der Waals surface area contributed by atoms with Crippen molar-refractivity contribution in [3.8, 4) is 0 Å². The number of hydrogen-bond donors (Lipinski definition) is 1. The molecule has 6 nitrogen and oxygen atoms in total. The molecule has 0 spiro atoms. The minimum absolute atomic E-state index is 0.0447. The van der Waals surface area contributed by atoms with Crippen molar-refractivity contribution in [2.75, 3.05) is 20.8 Å². The predicted octanol–water partition coefficient (Wildman–Crippen LogP) is 1.39. The molecular formula is C12H16BrN5O. The van der Waals surface area contributed by atoms with Crippen LogP contribution >= 0.6 is 15.9 Å². The molecule has 1 unspecified atom stereocenters. The summed E-state index contributed by atoms with van der Waals surface area (Å²) in [5.74, 6) is 0. The van der Waals surface area contributed by atoms with Crippen molar-refractivity contribution in [2.24, 2.45) is 0 Å². The summed E-state index contributed by atoms with van der Waals surface area (Å²) < 4.78 is 7.97. The van der Waals surface area contributed by atoms with Gasteiger partial charge in [-0.2, -0.15) is 5.10 Å². The molecular weight excluding hydrogens is 310 g/mol. The quantitative estimate of drug-likeness (QED) is 0.869. The molecule has 19 heavy (non-hydrogen) atoms. The Hall–Kier alpha value is -1.31. The van der Waals surface area contributed by atoms with E-state index in [2.05, 4.69) is 36.3 Å². The maximum absolute atomic E-state index is 5.11. The van der Waals surface area contributed by atoms with Gasteiger partial charge in [-0.25, -0.2) is 9.97 Å². The molecule has 2 aromatic rings. The molecule has 0 aliphatic carbocycles. The van der Waals surface area contributed by atoms with Crippen molar-refractivity contribution in [2.45, 2.75) is 12.6 Å². The van der Waals surface area contributed by atoms with E-state index in [1.807, 2.05) is 17.8 Å². The van der Waals surface area contributed by atoms with Gasteiger partial charge >= 0.3 is 0 Å². The summed E-state index contributed by atoms with van der Waals surface area (Å²) >= 11 is 3.54. The van der Waals surface area contributed by atoms with Gasteiger partial charge < -0.3 is 10.1 Å². The molecule has 0 aliphatic rings. The SMILES string of the molecule is CNC(c1ccncn1)c1c(Br)cnn1CCOC. The van der Waals surface area contributed by atoms with Crippen LogP contribution in [-0.4, -0.2) is 40.5 Å². The molecule has 0 saturated heterocycles. The first-order valence-corrected chi connectivity index (χ1v) is 6.70. The Morgan fingerprint density at radius 1 is 1.53 bits per heavy atom. The Balaban J connectivity index is 2.35. The van der Waals surface area contributed by atoms with E-state index >= 15 is 0 Å². The molecule has 102 valence electrons. The highest BCUT2D eigenvalue weighted by atomic mass is 79.9. The van der Waals surface area contributed by atoms with Gasteiger partial charge in [-0.15, -0.1) is 0 Å². The van der Waals surface area contributed by atoms with Crippen LogP contribution in [0.5, 0.6) is 0 Å². The van der Waals surface area contributed by atoms with E-state index in [4.69, 9.17) is 4.74 Å². The fraction of sp³-hybridized carbons (Fsp3) is 0.417. The Morgan fingerprint density at radius 2 is 2.37 bits per heavy atom. The van der Waals surface area contributed by atoms with E-state index in [1.54, 1.807) is 25.8 Å². The molecule has 0 fully saturated rings. The van der Waals surface area contributed by atoms with Gasteiger partial charge in [0, 0.05) is 13.3 Å². The summed E-state index contributed by atoms with van der Waals surface area (Å²) in [6, 6.07) is 1.85. The molecule has 0 radical (unpaired) electrons. The van der Waals surface area contributed by atoms with Gasteiger partial charge in [-0.05, 0) is 29.0 Å². The minimum atomic E-state index is -0.0447. The molecule has 2 rings (SSSR count). The molecule has 2 aromatic heterocycles. The number of methoxy groups -OCH3 is 1. The first kappa shape index (κ1) is 14.1. The third-order valence-electron chi connectivity index (χ3n) is 2.80. The predicted molar refractivity (Wildman–Crippen MR) is 74.7 cm³/mol. The zero-order valence-electron chi connectivity index (χ0n) is 10.9. The number of ether oxygens (including phenoxy) is 1. The van der Waals surface area contributed by atoms with E-state index in [0.29, 0.717) is 13.2 Å². The lowest BCUT2D eigenvalue weighted by Crippen LogP contribution is -2.23. The fourth-order valence-electron chi connectivity index (χ4n) is 1.91. The monoisotopic (exact) mass is 325 g/mol. The van der Waals surface area contributed by atoms with Crippen LogP contribution in [0.3, 0.4) is 0 Å². The number of hydrogen-bond acceptors (Lipinski definition) is 5. The largest absolute Gasteiger partial charge is 0.383 e. The highest BCUT2D eigenvalue weighted by Crippen LogP contribution is 2.27. The smallest absolute Gasteiger partial charge is 0.115 e. The summed E-state index contributed by atoms with van der Waals surface area (Å²) in [4.78, 5) is 8.25. The molecule has 1 N–H and O–H groups in total. The molecule has 2 heterocycles. The van der Waals surface area contributed by atoms with Crippen LogP contribution in [0.15, 0.2) is 29.3 Å². The van der Waals surface area contributed by atoms with Crippen LogP contribution < -0.4 is 5.32 Å².